The number of carbonyl (C=O) groups excluding carboxylic acids is 2. The van der Waals surface area contributed by atoms with Crippen molar-refractivity contribution in [2.45, 2.75) is 57.5 Å². The maximum Gasteiger partial charge on any atom is 0.411 e. The molecule has 0 aromatic heterocycles. The van der Waals surface area contributed by atoms with E-state index in [2.05, 4.69) is 0 Å². The predicted octanol–water partition coefficient (Wildman–Crippen LogP) is 5.32. The second-order valence-electron chi connectivity index (χ2n) is 9.49. The number of halogens is 5. The van der Waals surface area contributed by atoms with Gasteiger partial charge in [0.25, 0.3) is 0 Å². The molecule has 0 saturated heterocycles. The maximum absolute atomic E-state index is 14.7. The monoisotopic (exact) mass is 514 g/mol. The van der Waals surface area contributed by atoms with Crippen molar-refractivity contribution in [3.05, 3.63) is 65.2 Å². The average Bonchev–Trinajstić information content (AvgIpc) is 3.54. The molecule has 36 heavy (non-hydrogen) atoms. The Morgan fingerprint density at radius 3 is 2.36 bits per heavy atom. The third-order valence-electron chi connectivity index (χ3n) is 5.25. The van der Waals surface area contributed by atoms with Crippen LogP contribution in [0.3, 0.4) is 0 Å². The van der Waals surface area contributed by atoms with Gasteiger partial charge in [0, 0.05) is 23.6 Å². The molecule has 1 aliphatic carbocycles. The normalized spacial score (nSPS) is 17.3. The van der Waals surface area contributed by atoms with Crippen LogP contribution in [-0.2, 0) is 16.1 Å². The average molecular weight is 514 g/mol. The minimum absolute atomic E-state index is 0.00338. The summed E-state index contributed by atoms with van der Waals surface area (Å²) in [6.07, 6.45) is -5.35. The summed E-state index contributed by atoms with van der Waals surface area (Å²) < 4.78 is 77.3. The fraction of sp³-hybridized carbons (Fsp3) is 0.440. The van der Waals surface area contributed by atoms with E-state index in [0.29, 0.717) is 6.07 Å². The quantitative estimate of drug-likeness (QED) is 0.485. The smallest absolute Gasteiger partial charge is 0.411 e. The lowest BCUT2D eigenvalue weighted by atomic mass is 10.1. The first kappa shape index (κ1) is 27.2. The molecule has 3 rings (SSSR count). The van der Waals surface area contributed by atoms with Crippen LogP contribution in [-0.4, -0.2) is 47.8 Å². The topological polar surface area (TPSA) is 67.9 Å². The molecule has 0 spiro atoms. The molecule has 1 aliphatic rings. The lowest BCUT2D eigenvalue weighted by molar-refractivity contribution is -0.139. The Balaban J connectivity index is 1.81. The van der Waals surface area contributed by atoms with Crippen molar-refractivity contribution < 1.29 is 41.0 Å². The standard InChI is InChI=1S/C25H27F5N2O4/c1-24(2,3)36-23(34)32(12-21(33)31-14-25(28,29)30)20-11-17(20)18-9-16(26)10-19(27)22(18)35-13-15-7-5-4-6-8-15/h4-10,17,20H,11-14H2,1-3H3,(H,31,33)/t17-,20+/m0/s1. The number of nitrogens with one attached hydrogen (secondary N) is 1. The van der Waals surface area contributed by atoms with Gasteiger partial charge in [-0.3, -0.25) is 9.69 Å². The zero-order valence-electron chi connectivity index (χ0n) is 20.0. The molecule has 0 heterocycles. The molecule has 2 atom stereocenters. The van der Waals surface area contributed by atoms with Crippen LogP contribution >= 0.6 is 0 Å². The molecule has 0 unspecified atom stereocenters. The number of rotatable bonds is 8. The van der Waals surface area contributed by atoms with Gasteiger partial charge < -0.3 is 14.8 Å². The Kier molecular flexibility index (Phi) is 8.10. The third kappa shape index (κ3) is 7.82. The summed E-state index contributed by atoms with van der Waals surface area (Å²) in [6, 6.07) is 9.92. The van der Waals surface area contributed by atoms with Crippen molar-refractivity contribution in [1.82, 2.24) is 10.2 Å². The van der Waals surface area contributed by atoms with Gasteiger partial charge in [0.15, 0.2) is 11.6 Å². The summed E-state index contributed by atoms with van der Waals surface area (Å²) in [5.74, 6) is -3.65. The van der Waals surface area contributed by atoms with Gasteiger partial charge in [0.2, 0.25) is 5.91 Å². The minimum atomic E-state index is -4.63. The van der Waals surface area contributed by atoms with E-state index >= 15 is 0 Å². The summed E-state index contributed by atoms with van der Waals surface area (Å²) in [5, 5.41) is 1.72. The molecule has 6 nitrogen and oxygen atoms in total. The summed E-state index contributed by atoms with van der Waals surface area (Å²) in [4.78, 5) is 26.0. The van der Waals surface area contributed by atoms with Gasteiger partial charge in [-0.15, -0.1) is 0 Å². The fourth-order valence-electron chi connectivity index (χ4n) is 3.65. The van der Waals surface area contributed by atoms with Gasteiger partial charge in [-0.2, -0.15) is 13.2 Å². The number of carbonyl (C=O) groups is 2. The summed E-state index contributed by atoms with van der Waals surface area (Å²) >= 11 is 0. The molecule has 196 valence electrons. The van der Waals surface area contributed by atoms with Gasteiger partial charge in [-0.05, 0) is 38.8 Å². The largest absolute Gasteiger partial charge is 0.486 e. The highest BCUT2D eigenvalue weighted by molar-refractivity contribution is 5.83. The highest BCUT2D eigenvalue weighted by Crippen LogP contribution is 2.49. The summed E-state index contributed by atoms with van der Waals surface area (Å²) in [5.41, 5.74) is -0.0502. The van der Waals surface area contributed by atoms with E-state index in [0.717, 1.165) is 16.5 Å². The van der Waals surface area contributed by atoms with Crippen molar-refractivity contribution >= 4 is 12.0 Å². The van der Waals surface area contributed by atoms with Gasteiger partial charge in [0.05, 0.1) is 0 Å². The second-order valence-corrected chi connectivity index (χ2v) is 9.49. The van der Waals surface area contributed by atoms with Crippen LogP contribution < -0.4 is 10.1 Å². The number of alkyl halides is 3. The SMILES string of the molecule is CC(C)(C)OC(=O)N(CC(=O)NCC(F)(F)F)[C@@H]1C[C@H]1c1cc(F)cc(F)c1OCc1ccccc1. The first-order valence-corrected chi connectivity index (χ1v) is 11.2. The van der Waals surface area contributed by atoms with Gasteiger partial charge in [0.1, 0.15) is 31.1 Å². The minimum Gasteiger partial charge on any atom is -0.486 e. The van der Waals surface area contributed by atoms with E-state index < -0.39 is 60.5 Å². The number of hydrogen-bond acceptors (Lipinski definition) is 4. The molecule has 0 aliphatic heterocycles. The predicted molar refractivity (Wildman–Crippen MR) is 120 cm³/mol. The Bertz CT molecular complexity index is 1090. The molecular formula is C25H27F5N2O4. The van der Waals surface area contributed by atoms with Gasteiger partial charge in [-0.25, -0.2) is 13.6 Å². The van der Waals surface area contributed by atoms with Crippen LogP contribution in [0.15, 0.2) is 42.5 Å². The van der Waals surface area contributed by atoms with Crippen LogP contribution in [0.4, 0.5) is 26.7 Å². The van der Waals surface area contributed by atoms with Crippen LogP contribution in [0.2, 0.25) is 0 Å². The molecule has 2 amide bonds. The Morgan fingerprint density at radius 1 is 1.08 bits per heavy atom. The van der Waals surface area contributed by atoms with Crippen molar-refractivity contribution in [3.8, 4) is 5.75 Å². The van der Waals surface area contributed by atoms with Crippen LogP contribution in [0, 0.1) is 11.6 Å². The fourth-order valence-corrected chi connectivity index (χ4v) is 3.65. The van der Waals surface area contributed by atoms with Crippen molar-refractivity contribution in [1.29, 1.82) is 0 Å². The molecule has 2 aromatic rings. The zero-order chi connectivity index (χ0) is 26.7. The molecule has 1 fully saturated rings. The number of benzene rings is 2. The Hall–Kier alpha value is -3.37. The number of amides is 2. The maximum atomic E-state index is 14.7. The first-order valence-electron chi connectivity index (χ1n) is 11.2. The number of hydrogen-bond donors (Lipinski definition) is 1. The van der Waals surface area contributed by atoms with Crippen LogP contribution in [0.5, 0.6) is 5.75 Å². The summed E-state index contributed by atoms with van der Waals surface area (Å²) in [7, 11) is 0. The van der Waals surface area contributed by atoms with E-state index in [1.54, 1.807) is 56.4 Å². The van der Waals surface area contributed by atoms with Gasteiger partial charge >= 0.3 is 12.3 Å². The van der Waals surface area contributed by atoms with Crippen molar-refractivity contribution in [2.75, 3.05) is 13.1 Å². The van der Waals surface area contributed by atoms with Crippen LogP contribution in [0.25, 0.3) is 0 Å². The number of nitrogens with zero attached hydrogens (tertiary/aromatic N) is 1. The lowest BCUT2D eigenvalue weighted by Crippen LogP contribution is -2.46. The van der Waals surface area contributed by atoms with E-state index in [1.165, 1.54) is 0 Å². The van der Waals surface area contributed by atoms with Crippen molar-refractivity contribution in [2.24, 2.45) is 0 Å². The second kappa shape index (κ2) is 10.7. The van der Waals surface area contributed by atoms with Crippen molar-refractivity contribution in [3.63, 3.8) is 0 Å². The van der Waals surface area contributed by atoms with Gasteiger partial charge in [-0.1, -0.05) is 30.3 Å². The highest BCUT2D eigenvalue weighted by atomic mass is 19.4. The molecule has 0 bridgehead atoms. The summed E-state index contributed by atoms with van der Waals surface area (Å²) in [6.45, 7) is 2.50. The highest BCUT2D eigenvalue weighted by Gasteiger charge is 2.48. The lowest BCUT2D eigenvalue weighted by Gasteiger charge is -2.27. The third-order valence-corrected chi connectivity index (χ3v) is 5.25. The van der Waals surface area contributed by atoms with E-state index in [4.69, 9.17) is 9.47 Å². The number of ether oxygens (including phenoxy) is 2. The molecular weight excluding hydrogens is 487 g/mol. The van der Waals surface area contributed by atoms with E-state index in [-0.39, 0.29) is 24.3 Å². The van der Waals surface area contributed by atoms with E-state index in [9.17, 15) is 31.5 Å². The molecule has 11 heteroatoms. The Morgan fingerprint density at radius 2 is 1.75 bits per heavy atom. The van der Waals surface area contributed by atoms with Crippen LogP contribution in [0.1, 0.15) is 44.2 Å². The first-order chi connectivity index (χ1) is 16.7. The molecule has 2 aromatic carbocycles. The molecule has 1 N–H and O–H groups in total. The zero-order valence-corrected chi connectivity index (χ0v) is 20.0. The molecule has 0 radical (unpaired) electrons. The Labute approximate surface area is 205 Å². The van der Waals surface area contributed by atoms with E-state index in [1.807, 2.05) is 0 Å². The molecule has 1 saturated carbocycles.